The van der Waals surface area contributed by atoms with Crippen LogP contribution in [0.25, 0.3) is 0 Å². The van der Waals surface area contributed by atoms with Crippen LogP contribution in [-0.4, -0.2) is 23.9 Å². The number of nitrogens with zero attached hydrogens (tertiary/aromatic N) is 1. The second-order valence-electron chi connectivity index (χ2n) is 4.56. The van der Waals surface area contributed by atoms with E-state index in [0.717, 1.165) is 13.1 Å². The number of carbonyl (C=O) groups is 1. The zero-order valence-electron chi connectivity index (χ0n) is 9.95. The highest BCUT2D eigenvalue weighted by Crippen LogP contribution is 2.30. The van der Waals surface area contributed by atoms with Crippen molar-refractivity contribution in [2.24, 2.45) is 5.92 Å². The minimum absolute atomic E-state index is 0.0219. The standard InChI is InChI=1S/C13H17ClN2O/c1-2-16(8-9-3-4-9)13(17)10-5-11(14)7-12(15)6-10/h5-7,9H,2-4,8,15H2,1H3. The Kier molecular flexibility index (Phi) is 3.57. The van der Waals surface area contributed by atoms with Gasteiger partial charge in [0.2, 0.25) is 0 Å². The lowest BCUT2D eigenvalue weighted by molar-refractivity contribution is 0.0757. The molecule has 0 aliphatic heterocycles. The van der Waals surface area contributed by atoms with Crippen molar-refractivity contribution in [2.45, 2.75) is 19.8 Å². The van der Waals surface area contributed by atoms with Crippen LogP contribution >= 0.6 is 11.6 Å². The molecule has 1 aromatic carbocycles. The molecule has 3 nitrogen and oxygen atoms in total. The predicted octanol–water partition coefficient (Wildman–Crippen LogP) is 2.79. The number of halogens is 1. The minimum atomic E-state index is 0.0219. The quantitative estimate of drug-likeness (QED) is 0.838. The van der Waals surface area contributed by atoms with Gasteiger partial charge in [0.1, 0.15) is 0 Å². The summed E-state index contributed by atoms with van der Waals surface area (Å²) >= 11 is 5.91. The second-order valence-corrected chi connectivity index (χ2v) is 5.00. The van der Waals surface area contributed by atoms with E-state index in [1.54, 1.807) is 18.2 Å². The van der Waals surface area contributed by atoms with Crippen LogP contribution < -0.4 is 5.73 Å². The third kappa shape index (κ3) is 3.13. The van der Waals surface area contributed by atoms with Gasteiger partial charge in [-0.05, 0) is 43.9 Å². The van der Waals surface area contributed by atoms with Gasteiger partial charge in [0.05, 0.1) is 0 Å². The van der Waals surface area contributed by atoms with Crippen LogP contribution in [0.4, 0.5) is 5.69 Å². The lowest BCUT2D eigenvalue weighted by Gasteiger charge is -2.21. The molecule has 0 atom stereocenters. The third-order valence-corrected chi connectivity index (χ3v) is 3.23. The summed E-state index contributed by atoms with van der Waals surface area (Å²) in [6.45, 7) is 3.57. The molecule has 0 saturated heterocycles. The van der Waals surface area contributed by atoms with Crippen molar-refractivity contribution >= 4 is 23.2 Å². The summed E-state index contributed by atoms with van der Waals surface area (Å²) in [4.78, 5) is 14.1. The molecule has 1 aliphatic rings. The van der Waals surface area contributed by atoms with Gasteiger partial charge in [-0.3, -0.25) is 4.79 Å². The largest absolute Gasteiger partial charge is 0.399 e. The van der Waals surface area contributed by atoms with Gasteiger partial charge >= 0.3 is 0 Å². The molecule has 17 heavy (non-hydrogen) atoms. The summed E-state index contributed by atoms with van der Waals surface area (Å²) in [6, 6.07) is 5.01. The summed E-state index contributed by atoms with van der Waals surface area (Å²) in [5.74, 6) is 0.712. The van der Waals surface area contributed by atoms with Gasteiger partial charge < -0.3 is 10.6 Å². The number of amides is 1. The molecule has 0 spiro atoms. The van der Waals surface area contributed by atoms with Crippen molar-refractivity contribution in [2.75, 3.05) is 18.8 Å². The molecule has 1 aliphatic carbocycles. The highest BCUT2D eigenvalue weighted by atomic mass is 35.5. The van der Waals surface area contributed by atoms with Crippen molar-refractivity contribution in [3.8, 4) is 0 Å². The van der Waals surface area contributed by atoms with Gasteiger partial charge in [0.15, 0.2) is 0 Å². The fourth-order valence-corrected chi connectivity index (χ4v) is 2.13. The summed E-state index contributed by atoms with van der Waals surface area (Å²) < 4.78 is 0. The van der Waals surface area contributed by atoms with Crippen LogP contribution in [0.5, 0.6) is 0 Å². The fraction of sp³-hybridized carbons (Fsp3) is 0.462. The molecule has 92 valence electrons. The van der Waals surface area contributed by atoms with Crippen LogP contribution in [0.3, 0.4) is 0 Å². The molecule has 0 aromatic heterocycles. The average Bonchev–Trinajstić information content (AvgIpc) is 3.07. The SMILES string of the molecule is CCN(CC1CC1)C(=O)c1cc(N)cc(Cl)c1. The Morgan fingerprint density at radius 1 is 1.47 bits per heavy atom. The molecule has 4 heteroatoms. The Morgan fingerprint density at radius 3 is 2.71 bits per heavy atom. The molecular formula is C13H17ClN2O. The molecule has 0 heterocycles. The number of carbonyl (C=O) groups excluding carboxylic acids is 1. The summed E-state index contributed by atoms with van der Waals surface area (Å²) in [5.41, 5.74) is 6.81. The molecule has 0 unspecified atom stereocenters. The van der Waals surface area contributed by atoms with Crippen LogP contribution in [0, 0.1) is 5.92 Å². The van der Waals surface area contributed by atoms with Crippen LogP contribution in [0.15, 0.2) is 18.2 Å². The van der Waals surface area contributed by atoms with Gasteiger partial charge in [-0.2, -0.15) is 0 Å². The lowest BCUT2D eigenvalue weighted by Crippen LogP contribution is -2.32. The fourth-order valence-electron chi connectivity index (χ4n) is 1.89. The highest BCUT2D eigenvalue weighted by Gasteiger charge is 2.26. The monoisotopic (exact) mass is 252 g/mol. The second kappa shape index (κ2) is 4.96. The zero-order valence-corrected chi connectivity index (χ0v) is 10.7. The molecule has 2 N–H and O–H groups in total. The Morgan fingerprint density at radius 2 is 2.18 bits per heavy atom. The maximum Gasteiger partial charge on any atom is 0.253 e. The number of hydrogen-bond acceptors (Lipinski definition) is 2. The van der Waals surface area contributed by atoms with Crippen LogP contribution in [0.2, 0.25) is 5.02 Å². The van der Waals surface area contributed by atoms with Gasteiger partial charge in [-0.15, -0.1) is 0 Å². The topological polar surface area (TPSA) is 46.3 Å². The molecule has 2 rings (SSSR count). The summed E-state index contributed by atoms with van der Waals surface area (Å²) in [7, 11) is 0. The van der Waals surface area contributed by atoms with Gasteiger partial charge in [-0.25, -0.2) is 0 Å². The van der Waals surface area contributed by atoms with Crippen LogP contribution in [0.1, 0.15) is 30.1 Å². The first-order chi connectivity index (χ1) is 8.10. The third-order valence-electron chi connectivity index (χ3n) is 3.01. The number of nitrogens with two attached hydrogens (primary N) is 1. The average molecular weight is 253 g/mol. The van der Waals surface area contributed by atoms with E-state index in [1.165, 1.54) is 12.8 Å². The van der Waals surface area contributed by atoms with Gasteiger partial charge in [-0.1, -0.05) is 11.6 Å². The van der Waals surface area contributed by atoms with E-state index in [9.17, 15) is 4.79 Å². The maximum atomic E-state index is 12.3. The van der Waals surface area contributed by atoms with Gasteiger partial charge in [0.25, 0.3) is 5.91 Å². The molecule has 1 amide bonds. The highest BCUT2D eigenvalue weighted by molar-refractivity contribution is 6.31. The van der Waals surface area contributed by atoms with E-state index >= 15 is 0 Å². The molecule has 1 saturated carbocycles. The van der Waals surface area contributed by atoms with E-state index in [0.29, 0.717) is 22.2 Å². The number of nitrogen functional groups attached to an aromatic ring is 1. The molecule has 1 fully saturated rings. The molecule has 1 aromatic rings. The first-order valence-electron chi connectivity index (χ1n) is 5.95. The minimum Gasteiger partial charge on any atom is -0.399 e. The maximum absolute atomic E-state index is 12.3. The predicted molar refractivity (Wildman–Crippen MR) is 70.2 cm³/mol. The molecule has 0 radical (unpaired) electrons. The first-order valence-corrected chi connectivity index (χ1v) is 6.33. The number of rotatable bonds is 4. The Bertz CT molecular complexity index is 409. The Balaban J connectivity index is 2.15. The van der Waals surface area contributed by atoms with Crippen molar-refractivity contribution in [3.63, 3.8) is 0 Å². The molecule has 0 bridgehead atoms. The van der Waals surface area contributed by atoms with Crippen molar-refractivity contribution in [1.82, 2.24) is 4.90 Å². The van der Waals surface area contributed by atoms with Crippen molar-refractivity contribution < 1.29 is 4.79 Å². The van der Waals surface area contributed by atoms with E-state index in [-0.39, 0.29) is 5.91 Å². The lowest BCUT2D eigenvalue weighted by atomic mass is 10.1. The first kappa shape index (κ1) is 12.2. The number of anilines is 1. The van der Waals surface area contributed by atoms with Crippen molar-refractivity contribution in [3.05, 3.63) is 28.8 Å². The Hall–Kier alpha value is -1.22. The smallest absolute Gasteiger partial charge is 0.253 e. The normalized spacial score (nSPS) is 14.7. The van der Waals surface area contributed by atoms with Gasteiger partial charge in [0, 0.05) is 29.4 Å². The van der Waals surface area contributed by atoms with Crippen molar-refractivity contribution in [1.29, 1.82) is 0 Å². The number of benzene rings is 1. The Labute approximate surface area is 107 Å². The van der Waals surface area contributed by atoms with E-state index < -0.39 is 0 Å². The molecular weight excluding hydrogens is 236 g/mol. The summed E-state index contributed by atoms with van der Waals surface area (Å²) in [6.07, 6.45) is 2.48. The zero-order chi connectivity index (χ0) is 12.4. The summed E-state index contributed by atoms with van der Waals surface area (Å²) in [5, 5.41) is 0.510. The van der Waals surface area contributed by atoms with E-state index in [1.807, 2.05) is 11.8 Å². The van der Waals surface area contributed by atoms with E-state index in [2.05, 4.69) is 0 Å². The number of hydrogen-bond donors (Lipinski definition) is 1. The van der Waals surface area contributed by atoms with Crippen LogP contribution in [-0.2, 0) is 0 Å². The van der Waals surface area contributed by atoms with E-state index in [4.69, 9.17) is 17.3 Å².